The summed E-state index contributed by atoms with van der Waals surface area (Å²) < 4.78 is 12.5. The van der Waals surface area contributed by atoms with Crippen molar-refractivity contribution in [3.63, 3.8) is 0 Å². The van der Waals surface area contributed by atoms with Gasteiger partial charge in [-0.05, 0) is 53.7 Å². The molecule has 35 heavy (non-hydrogen) atoms. The molecule has 3 aromatic rings. The monoisotopic (exact) mass is 487 g/mol. The maximum Gasteiger partial charge on any atom is 0.420 e. The van der Waals surface area contributed by atoms with Gasteiger partial charge in [-0.1, -0.05) is 27.7 Å². The third kappa shape index (κ3) is 6.91. The van der Waals surface area contributed by atoms with Gasteiger partial charge in [-0.3, -0.25) is 10.1 Å². The molecule has 0 aliphatic rings. The number of aromatic nitrogens is 3. The highest BCUT2D eigenvalue weighted by molar-refractivity contribution is 5.99. The first-order chi connectivity index (χ1) is 16.5. The summed E-state index contributed by atoms with van der Waals surface area (Å²) in [5.74, 6) is 0.642. The van der Waals surface area contributed by atoms with Crippen molar-refractivity contribution in [2.45, 2.75) is 74.8 Å². The maximum atomic E-state index is 13.4. The summed E-state index contributed by atoms with van der Waals surface area (Å²) in [6, 6.07) is 6.03. The zero-order valence-corrected chi connectivity index (χ0v) is 22.4. The third-order valence-corrected chi connectivity index (χ3v) is 4.47. The second-order valence-electron chi connectivity index (χ2n) is 7.90. The van der Waals surface area contributed by atoms with E-state index in [0.717, 1.165) is 0 Å². The zero-order valence-electron chi connectivity index (χ0n) is 22.4. The summed E-state index contributed by atoms with van der Waals surface area (Å²) in [5.41, 5.74) is 0.698. The number of hydrogen-bond acceptors (Lipinski definition) is 7. The van der Waals surface area contributed by atoms with Crippen molar-refractivity contribution >= 4 is 28.9 Å². The van der Waals surface area contributed by atoms with E-state index in [-0.39, 0.29) is 11.4 Å². The Morgan fingerprint density at radius 2 is 1.77 bits per heavy atom. The summed E-state index contributed by atoms with van der Waals surface area (Å²) in [4.78, 5) is 30.4. The Labute approximate surface area is 207 Å². The van der Waals surface area contributed by atoms with Gasteiger partial charge in [-0.25, -0.2) is 14.7 Å². The predicted octanol–water partition coefficient (Wildman–Crippen LogP) is 6.78. The molecule has 1 amide bonds. The van der Waals surface area contributed by atoms with Crippen LogP contribution in [0.4, 0.5) is 22.0 Å². The molecular formula is C25H37N5O5. The molecule has 2 heterocycles. The smallest absolute Gasteiger partial charge is 0.420 e. The highest BCUT2D eigenvalue weighted by Crippen LogP contribution is 2.39. The summed E-state index contributed by atoms with van der Waals surface area (Å²) in [6.45, 7) is 18.9. The standard InChI is InChI=1S/C21H25N5O5.2C2H6/c1-7-30-15-8-9-16(17(12-15)26(28)29)24(20(27)31-21(4,5)6)19-13(2)14(3)23-18-10-11-22-25(18)19;2*1-2/h8-12H,7H2,1-6H3;2*1-2H3. The van der Waals surface area contributed by atoms with Crippen LogP contribution in [-0.4, -0.2) is 37.8 Å². The number of hydrogen-bond donors (Lipinski definition) is 0. The molecule has 0 bridgehead atoms. The lowest BCUT2D eigenvalue weighted by atomic mass is 10.2. The van der Waals surface area contributed by atoms with Crippen LogP contribution in [0.3, 0.4) is 0 Å². The fourth-order valence-corrected chi connectivity index (χ4v) is 3.08. The lowest BCUT2D eigenvalue weighted by Crippen LogP contribution is -2.36. The number of nitro groups is 1. The topological polar surface area (TPSA) is 112 Å². The Kier molecular flexibility index (Phi) is 10.6. The Hall–Kier alpha value is -3.69. The minimum atomic E-state index is -0.825. The number of fused-ring (bicyclic) bond motifs is 1. The Bertz CT molecular complexity index is 1150. The van der Waals surface area contributed by atoms with Crippen LogP contribution in [0.25, 0.3) is 5.65 Å². The highest BCUT2D eigenvalue weighted by Gasteiger charge is 2.34. The van der Waals surface area contributed by atoms with Gasteiger partial charge in [0.2, 0.25) is 0 Å². The number of amides is 1. The number of carbonyl (C=O) groups excluding carboxylic acids is 1. The molecule has 192 valence electrons. The summed E-state index contributed by atoms with van der Waals surface area (Å²) in [6.07, 6.45) is 0.773. The van der Waals surface area contributed by atoms with Crippen LogP contribution in [-0.2, 0) is 4.74 Å². The lowest BCUT2D eigenvalue weighted by molar-refractivity contribution is -0.384. The first-order valence-corrected chi connectivity index (χ1v) is 11.8. The van der Waals surface area contributed by atoms with Crippen molar-refractivity contribution < 1.29 is 19.2 Å². The largest absolute Gasteiger partial charge is 0.494 e. The van der Waals surface area contributed by atoms with Crippen molar-refractivity contribution in [1.82, 2.24) is 14.6 Å². The number of nitro benzene ring substituents is 1. The van der Waals surface area contributed by atoms with Crippen LogP contribution < -0.4 is 9.64 Å². The van der Waals surface area contributed by atoms with Crippen LogP contribution in [0.2, 0.25) is 0 Å². The summed E-state index contributed by atoms with van der Waals surface area (Å²) in [5, 5.41) is 16.2. The van der Waals surface area contributed by atoms with Gasteiger partial charge in [0.25, 0.3) is 5.69 Å². The van der Waals surface area contributed by atoms with E-state index in [0.29, 0.717) is 35.1 Å². The van der Waals surface area contributed by atoms with Crippen LogP contribution in [0.15, 0.2) is 30.5 Å². The number of ether oxygens (including phenoxy) is 2. The minimum Gasteiger partial charge on any atom is -0.494 e. The molecule has 10 nitrogen and oxygen atoms in total. The Balaban J connectivity index is 0.00000145. The number of rotatable bonds is 5. The Morgan fingerprint density at radius 3 is 2.31 bits per heavy atom. The molecule has 0 unspecified atom stereocenters. The van der Waals surface area contributed by atoms with Gasteiger partial charge in [0.1, 0.15) is 17.0 Å². The van der Waals surface area contributed by atoms with E-state index in [4.69, 9.17) is 9.47 Å². The number of benzene rings is 1. The molecule has 3 rings (SSSR count). The van der Waals surface area contributed by atoms with E-state index in [1.807, 2.05) is 27.7 Å². The maximum absolute atomic E-state index is 13.4. The van der Waals surface area contributed by atoms with E-state index in [9.17, 15) is 14.9 Å². The van der Waals surface area contributed by atoms with Crippen LogP contribution in [0, 0.1) is 24.0 Å². The van der Waals surface area contributed by atoms with E-state index in [1.54, 1.807) is 59.9 Å². The first kappa shape index (κ1) is 29.3. The van der Waals surface area contributed by atoms with E-state index in [2.05, 4.69) is 10.1 Å². The zero-order chi connectivity index (χ0) is 26.9. The molecule has 0 radical (unpaired) electrons. The molecule has 0 atom stereocenters. The fraction of sp³-hybridized carbons (Fsp3) is 0.480. The van der Waals surface area contributed by atoms with Gasteiger partial charge in [0.05, 0.1) is 23.8 Å². The third-order valence-electron chi connectivity index (χ3n) is 4.47. The average molecular weight is 488 g/mol. The summed E-state index contributed by atoms with van der Waals surface area (Å²) in [7, 11) is 0. The number of nitrogens with zero attached hydrogens (tertiary/aromatic N) is 5. The second kappa shape index (κ2) is 12.7. The van der Waals surface area contributed by atoms with Gasteiger partial charge < -0.3 is 9.47 Å². The van der Waals surface area contributed by atoms with Crippen LogP contribution in [0.1, 0.15) is 66.6 Å². The Morgan fingerprint density at radius 1 is 1.14 bits per heavy atom. The quantitative estimate of drug-likeness (QED) is 0.288. The fourth-order valence-electron chi connectivity index (χ4n) is 3.08. The molecule has 0 aliphatic heterocycles. The first-order valence-electron chi connectivity index (χ1n) is 11.8. The molecule has 2 aromatic heterocycles. The minimum absolute atomic E-state index is 0.0354. The summed E-state index contributed by atoms with van der Waals surface area (Å²) >= 11 is 0. The highest BCUT2D eigenvalue weighted by atomic mass is 16.6. The SMILES string of the molecule is CC.CC.CCOc1ccc(N(C(=O)OC(C)(C)C)c2c(C)c(C)nc3ccnn23)c([N+](=O)[O-])c1. The molecule has 0 spiro atoms. The molecule has 0 N–H and O–H groups in total. The lowest BCUT2D eigenvalue weighted by Gasteiger charge is -2.28. The molecule has 0 saturated heterocycles. The van der Waals surface area contributed by atoms with Gasteiger partial charge in [-0.2, -0.15) is 9.61 Å². The van der Waals surface area contributed by atoms with Gasteiger partial charge in [0.15, 0.2) is 11.5 Å². The van der Waals surface area contributed by atoms with E-state index >= 15 is 0 Å². The van der Waals surface area contributed by atoms with Crippen molar-refractivity contribution in [2.24, 2.45) is 0 Å². The van der Waals surface area contributed by atoms with Crippen molar-refractivity contribution in [2.75, 3.05) is 11.5 Å². The second-order valence-corrected chi connectivity index (χ2v) is 7.90. The van der Waals surface area contributed by atoms with Crippen molar-refractivity contribution in [3.05, 3.63) is 51.8 Å². The molecule has 0 saturated carbocycles. The molecular weight excluding hydrogens is 450 g/mol. The normalized spacial score (nSPS) is 10.5. The molecule has 0 aliphatic carbocycles. The molecule has 0 fully saturated rings. The van der Waals surface area contributed by atoms with Gasteiger partial charge in [-0.15, -0.1) is 0 Å². The number of aryl methyl sites for hydroxylation is 1. The molecule has 10 heteroatoms. The van der Waals surface area contributed by atoms with E-state index in [1.165, 1.54) is 21.5 Å². The van der Waals surface area contributed by atoms with Crippen molar-refractivity contribution in [1.29, 1.82) is 0 Å². The van der Waals surface area contributed by atoms with E-state index < -0.39 is 16.6 Å². The van der Waals surface area contributed by atoms with Gasteiger partial charge >= 0.3 is 6.09 Å². The van der Waals surface area contributed by atoms with Gasteiger partial charge in [0, 0.05) is 17.3 Å². The van der Waals surface area contributed by atoms with Crippen molar-refractivity contribution in [3.8, 4) is 5.75 Å². The predicted molar refractivity (Wildman–Crippen MR) is 138 cm³/mol. The van der Waals surface area contributed by atoms with Crippen LogP contribution >= 0.6 is 0 Å². The van der Waals surface area contributed by atoms with Crippen LogP contribution in [0.5, 0.6) is 5.75 Å². The molecule has 1 aromatic carbocycles. The number of anilines is 2. The average Bonchev–Trinajstić information content (AvgIpc) is 3.26. The number of carbonyl (C=O) groups is 1.